The van der Waals surface area contributed by atoms with Crippen LogP contribution in [-0.2, 0) is 5.75 Å². The van der Waals surface area contributed by atoms with E-state index in [0.717, 1.165) is 10.7 Å². The Morgan fingerprint density at radius 1 is 1.48 bits per heavy atom. The number of aromatic nitrogens is 5. The molecule has 0 fully saturated rings. The molecule has 0 aromatic carbocycles. The molecule has 3 rings (SSSR count). The lowest BCUT2D eigenvalue weighted by Crippen LogP contribution is -2.10. The van der Waals surface area contributed by atoms with Gasteiger partial charge in [0.15, 0.2) is 5.16 Å². The first-order chi connectivity index (χ1) is 10.1. The van der Waals surface area contributed by atoms with Crippen LogP contribution >= 0.6 is 23.1 Å². The van der Waals surface area contributed by atoms with Gasteiger partial charge in [-0.15, -0.1) is 21.5 Å². The summed E-state index contributed by atoms with van der Waals surface area (Å²) >= 11 is 2.84. The summed E-state index contributed by atoms with van der Waals surface area (Å²) in [6.07, 6.45) is 0. The average Bonchev–Trinajstić information content (AvgIpc) is 3.02. The molecule has 7 nitrogen and oxygen atoms in total. The van der Waals surface area contributed by atoms with E-state index in [-0.39, 0.29) is 11.6 Å². The van der Waals surface area contributed by atoms with Crippen LogP contribution in [0.25, 0.3) is 10.2 Å². The Kier molecular flexibility index (Phi) is 3.68. The van der Waals surface area contributed by atoms with Crippen LogP contribution in [0.1, 0.15) is 25.7 Å². The minimum absolute atomic E-state index is 0.101. The lowest BCUT2D eigenvalue weighted by Gasteiger charge is -2.10. The average molecular weight is 322 g/mol. The molecular weight excluding hydrogens is 308 g/mol. The number of H-pyrrole nitrogens is 1. The topological polar surface area (TPSA) is 102 Å². The number of rotatable bonds is 4. The number of thioether (sulfide) groups is 1. The number of thiophene rings is 1. The Balaban J connectivity index is 1.85. The number of nitrogens with two attached hydrogens (primary N) is 1. The molecule has 3 aromatic rings. The van der Waals surface area contributed by atoms with E-state index in [9.17, 15) is 4.79 Å². The van der Waals surface area contributed by atoms with E-state index in [1.807, 2.05) is 29.9 Å². The molecule has 0 aliphatic heterocycles. The number of aromatic amines is 1. The fourth-order valence-corrected chi connectivity index (χ4v) is 3.67. The first-order valence-corrected chi connectivity index (χ1v) is 8.22. The molecule has 3 N–H and O–H groups in total. The molecular formula is C12H14N6OS2. The van der Waals surface area contributed by atoms with Crippen molar-refractivity contribution in [1.29, 1.82) is 0 Å². The number of fused-ring (bicyclic) bond motifs is 1. The van der Waals surface area contributed by atoms with Crippen LogP contribution in [0.3, 0.4) is 0 Å². The number of hydrogen-bond donors (Lipinski definition) is 2. The minimum Gasteiger partial charge on any atom is -0.368 e. The van der Waals surface area contributed by atoms with Crippen molar-refractivity contribution in [1.82, 2.24) is 24.7 Å². The summed E-state index contributed by atoms with van der Waals surface area (Å²) in [5.74, 6) is 1.52. The Hall–Kier alpha value is -1.87. The molecule has 0 amide bonds. The zero-order valence-electron chi connectivity index (χ0n) is 11.5. The minimum atomic E-state index is -0.101. The van der Waals surface area contributed by atoms with Gasteiger partial charge in [-0.25, -0.2) is 4.98 Å². The largest absolute Gasteiger partial charge is 0.368 e. The second-order valence-electron chi connectivity index (χ2n) is 4.74. The van der Waals surface area contributed by atoms with E-state index in [1.165, 1.54) is 23.1 Å². The third-order valence-electron chi connectivity index (χ3n) is 2.91. The van der Waals surface area contributed by atoms with Gasteiger partial charge in [0.1, 0.15) is 10.5 Å². The molecule has 110 valence electrons. The zero-order chi connectivity index (χ0) is 15.0. The fourth-order valence-electron chi connectivity index (χ4n) is 2.00. The van der Waals surface area contributed by atoms with E-state index < -0.39 is 0 Å². The van der Waals surface area contributed by atoms with Crippen molar-refractivity contribution in [2.24, 2.45) is 0 Å². The number of nitrogens with one attached hydrogen (secondary N) is 1. The molecule has 0 aliphatic rings. The molecule has 0 radical (unpaired) electrons. The van der Waals surface area contributed by atoms with Gasteiger partial charge in [0, 0.05) is 6.04 Å². The SMILES string of the molecule is CC(C)n1c(N)nnc1SCc1nc2ccsc2c(=O)[nH]1. The van der Waals surface area contributed by atoms with Gasteiger partial charge in [-0.2, -0.15) is 0 Å². The summed E-state index contributed by atoms with van der Waals surface area (Å²) in [6.45, 7) is 4.03. The summed E-state index contributed by atoms with van der Waals surface area (Å²) in [6, 6.07) is 2.02. The van der Waals surface area contributed by atoms with Crippen molar-refractivity contribution < 1.29 is 0 Å². The third kappa shape index (κ3) is 2.66. The van der Waals surface area contributed by atoms with Crippen LogP contribution in [0, 0.1) is 0 Å². The van der Waals surface area contributed by atoms with Gasteiger partial charge in [0.05, 0.1) is 11.3 Å². The lowest BCUT2D eigenvalue weighted by molar-refractivity contribution is 0.557. The van der Waals surface area contributed by atoms with Gasteiger partial charge >= 0.3 is 0 Å². The van der Waals surface area contributed by atoms with E-state index in [2.05, 4.69) is 20.2 Å². The number of hydrogen-bond acceptors (Lipinski definition) is 7. The van der Waals surface area contributed by atoms with Crippen molar-refractivity contribution in [3.8, 4) is 0 Å². The highest BCUT2D eigenvalue weighted by molar-refractivity contribution is 7.98. The van der Waals surface area contributed by atoms with E-state index in [4.69, 9.17) is 5.73 Å². The highest BCUT2D eigenvalue weighted by Crippen LogP contribution is 2.25. The van der Waals surface area contributed by atoms with Gasteiger partial charge in [0.2, 0.25) is 5.95 Å². The normalized spacial score (nSPS) is 11.6. The summed E-state index contributed by atoms with van der Waals surface area (Å²) in [5, 5.41) is 10.5. The van der Waals surface area contributed by atoms with Gasteiger partial charge < -0.3 is 10.7 Å². The van der Waals surface area contributed by atoms with Crippen molar-refractivity contribution in [2.75, 3.05) is 5.73 Å². The van der Waals surface area contributed by atoms with E-state index >= 15 is 0 Å². The van der Waals surface area contributed by atoms with Crippen molar-refractivity contribution in [3.05, 3.63) is 27.6 Å². The Morgan fingerprint density at radius 2 is 2.29 bits per heavy atom. The Bertz CT molecular complexity index is 834. The van der Waals surface area contributed by atoms with Crippen LogP contribution in [0.2, 0.25) is 0 Å². The van der Waals surface area contributed by atoms with Gasteiger partial charge in [-0.05, 0) is 25.3 Å². The van der Waals surface area contributed by atoms with Crippen LogP contribution in [0.15, 0.2) is 21.4 Å². The summed E-state index contributed by atoms with van der Waals surface area (Å²) in [4.78, 5) is 19.1. The maximum Gasteiger partial charge on any atom is 0.268 e. The molecule has 3 aromatic heterocycles. The number of anilines is 1. The van der Waals surface area contributed by atoms with Crippen molar-refractivity contribution >= 4 is 39.3 Å². The number of nitrogens with zero attached hydrogens (tertiary/aromatic N) is 4. The van der Waals surface area contributed by atoms with Gasteiger partial charge in [-0.1, -0.05) is 11.8 Å². The molecule has 0 unspecified atom stereocenters. The molecule has 0 saturated heterocycles. The Labute approximate surface area is 128 Å². The first-order valence-electron chi connectivity index (χ1n) is 6.36. The molecule has 0 spiro atoms. The summed E-state index contributed by atoms with van der Waals surface area (Å²) < 4.78 is 2.50. The maximum atomic E-state index is 11.9. The Morgan fingerprint density at radius 3 is 3.05 bits per heavy atom. The molecule has 9 heteroatoms. The maximum absolute atomic E-state index is 11.9. The molecule has 0 atom stereocenters. The first kappa shape index (κ1) is 14.1. The smallest absolute Gasteiger partial charge is 0.268 e. The quantitative estimate of drug-likeness (QED) is 0.713. The van der Waals surface area contributed by atoms with Gasteiger partial charge in [-0.3, -0.25) is 9.36 Å². The predicted molar refractivity (Wildman–Crippen MR) is 84.6 cm³/mol. The molecule has 0 bridgehead atoms. The van der Waals surface area contributed by atoms with Crippen molar-refractivity contribution in [3.63, 3.8) is 0 Å². The highest BCUT2D eigenvalue weighted by atomic mass is 32.2. The lowest BCUT2D eigenvalue weighted by atomic mass is 10.4. The van der Waals surface area contributed by atoms with Gasteiger partial charge in [0.25, 0.3) is 5.56 Å². The second-order valence-corrected chi connectivity index (χ2v) is 6.60. The monoisotopic (exact) mass is 322 g/mol. The van der Waals surface area contributed by atoms with Crippen LogP contribution in [0.5, 0.6) is 0 Å². The van der Waals surface area contributed by atoms with Crippen LogP contribution < -0.4 is 11.3 Å². The molecule has 0 saturated carbocycles. The molecule has 21 heavy (non-hydrogen) atoms. The molecule has 3 heterocycles. The van der Waals surface area contributed by atoms with Crippen molar-refractivity contribution in [2.45, 2.75) is 30.8 Å². The second kappa shape index (κ2) is 5.49. The van der Waals surface area contributed by atoms with E-state index in [0.29, 0.717) is 22.2 Å². The standard InChI is InChI=1S/C12H14N6OS2/c1-6(2)18-11(13)16-17-12(18)21-5-8-14-7-3-4-20-9(7)10(19)15-8/h3-4,6H,5H2,1-2H3,(H2,13,16)(H,14,15,19). The molecule has 0 aliphatic carbocycles. The highest BCUT2D eigenvalue weighted by Gasteiger charge is 2.14. The van der Waals surface area contributed by atoms with Crippen LogP contribution in [0.4, 0.5) is 5.95 Å². The van der Waals surface area contributed by atoms with E-state index in [1.54, 1.807) is 0 Å². The summed E-state index contributed by atoms with van der Waals surface area (Å²) in [5.41, 5.74) is 6.42. The fraction of sp³-hybridized carbons (Fsp3) is 0.333. The predicted octanol–water partition coefficient (Wildman–Crippen LogP) is 2.03. The summed E-state index contributed by atoms with van der Waals surface area (Å²) in [7, 11) is 0. The third-order valence-corrected chi connectivity index (χ3v) is 4.77. The van der Waals surface area contributed by atoms with Crippen LogP contribution in [-0.4, -0.2) is 24.7 Å². The number of nitrogen functional groups attached to an aromatic ring is 1. The zero-order valence-corrected chi connectivity index (χ0v) is 13.2.